The highest BCUT2D eigenvalue weighted by Crippen LogP contribution is 2.27. The normalized spacial score (nSPS) is 15.7. The fraction of sp³-hybridized carbons (Fsp3) is 0.360. The first-order chi connectivity index (χ1) is 16.0. The Morgan fingerprint density at radius 1 is 1.06 bits per heavy atom. The van der Waals surface area contributed by atoms with Gasteiger partial charge in [0.25, 0.3) is 5.56 Å². The summed E-state index contributed by atoms with van der Waals surface area (Å²) >= 11 is 1.37. The SMILES string of the molecule is Cc1ccc(-n2c(=O)c3ccccc3n3c(SC(C)C(=O)NC4CCCCC4)nnc23)cc1. The summed E-state index contributed by atoms with van der Waals surface area (Å²) in [6, 6.07) is 15.5. The Balaban J connectivity index is 1.56. The number of para-hydroxylation sites is 1. The van der Waals surface area contributed by atoms with Crippen LogP contribution in [0.2, 0.25) is 0 Å². The van der Waals surface area contributed by atoms with Crippen LogP contribution in [0.5, 0.6) is 0 Å². The van der Waals surface area contributed by atoms with Gasteiger partial charge in [0.15, 0.2) is 5.16 Å². The van der Waals surface area contributed by atoms with Crippen molar-refractivity contribution in [3.63, 3.8) is 0 Å². The van der Waals surface area contributed by atoms with Crippen molar-refractivity contribution in [2.75, 3.05) is 0 Å². The van der Waals surface area contributed by atoms with Gasteiger partial charge in [0.05, 0.1) is 21.8 Å². The smallest absolute Gasteiger partial charge is 0.267 e. The Kier molecular flexibility index (Phi) is 5.93. The molecule has 1 fully saturated rings. The Bertz CT molecular complexity index is 1370. The van der Waals surface area contributed by atoms with Gasteiger partial charge in [-0.15, -0.1) is 10.2 Å². The van der Waals surface area contributed by atoms with E-state index in [1.165, 1.54) is 31.0 Å². The molecule has 2 aromatic heterocycles. The Labute approximate surface area is 196 Å². The van der Waals surface area contributed by atoms with Crippen molar-refractivity contribution >= 4 is 34.3 Å². The molecule has 2 aromatic carbocycles. The highest BCUT2D eigenvalue weighted by atomic mass is 32.2. The van der Waals surface area contributed by atoms with E-state index in [4.69, 9.17) is 0 Å². The number of amides is 1. The van der Waals surface area contributed by atoms with Crippen molar-refractivity contribution in [1.82, 2.24) is 24.5 Å². The number of carbonyl (C=O) groups is 1. The van der Waals surface area contributed by atoms with E-state index in [0.29, 0.717) is 16.3 Å². The molecular weight excluding hydrogens is 434 g/mol. The number of benzene rings is 2. The molecule has 0 saturated heterocycles. The van der Waals surface area contributed by atoms with Gasteiger partial charge in [0, 0.05) is 6.04 Å². The molecule has 0 bridgehead atoms. The molecule has 1 N–H and O–H groups in total. The van der Waals surface area contributed by atoms with Crippen molar-refractivity contribution in [2.24, 2.45) is 0 Å². The van der Waals surface area contributed by atoms with Gasteiger partial charge >= 0.3 is 0 Å². The van der Waals surface area contributed by atoms with E-state index in [-0.39, 0.29) is 22.8 Å². The van der Waals surface area contributed by atoms with Crippen LogP contribution in [0.4, 0.5) is 0 Å². The van der Waals surface area contributed by atoms with Crippen LogP contribution in [0, 0.1) is 6.92 Å². The quantitative estimate of drug-likeness (QED) is 0.449. The first-order valence-corrected chi connectivity index (χ1v) is 12.3. The lowest BCUT2D eigenvalue weighted by Gasteiger charge is -2.24. The highest BCUT2D eigenvalue weighted by molar-refractivity contribution is 8.00. The number of aromatic nitrogens is 4. The molecule has 33 heavy (non-hydrogen) atoms. The van der Waals surface area contributed by atoms with E-state index in [9.17, 15) is 9.59 Å². The topological polar surface area (TPSA) is 81.3 Å². The predicted octanol–water partition coefficient (Wildman–Crippen LogP) is 4.27. The zero-order chi connectivity index (χ0) is 22.9. The van der Waals surface area contributed by atoms with E-state index >= 15 is 0 Å². The molecule has 0 spiro atoms. The van der Waals surface area contributed by atoms with E-state index < -0.39 is 0 Å². The van der Waals surface area contributed by atoms with Gasteiger partial charge in [-0.05, 0) is 51.0 Å². The molecule has 1 amide bonds. The Morgan fingerprint density at radius 3 is 2.55 bits per heavy atom. The molecule has 1 unspecified atom stereocenters. The standard InChI is InChI=1S/C25H27N5O2S/c1-16-12-14-19(15-13-16)29-23(32)20-10-6-7-11-21(20)30-24(29)27-28-25(30)33-17(2)22(31)26-18-8-4-3-5-9-18/h6-7,10-15,17-18H,3-5,8-9H2,1-2H3,(H,26,31). The van der Waals surface area contributed by atoms with Crippen molar-refractivity contribution < 1.29 is 4.79 Å². The lowest BCUT2D eigenvalue weighted by atomic mass is 9.95. The molecule has 2 heterocycles. The third kappa shape index (κ3) is 4.15. The van der Waals surface area contributed by atoms with Crippen LogP contribution in [-0.4, -0.2) is 36.4 Å². The average Bonchev–Trinajstić information content (AvgIpc) is 3.24. The van der Waals surface area contributed by atoms with Gasteiger partial charge in [-0.3, -0.25) is 14.0 Å². The van der Waals surface area contributed by atoms with Gasteiger partial charge in [-0.1, -0.05) is 60.9 Å². The lowest BCUT2D eigenvalue weighted by Crippen LogP contribution is -2.40. The summed E-state index contributed by atoms with van der Waals surface area (Å²) in [6.07, 6.45) is 5.68. The van der Waals surface area contributed by atoms with E-state index in [2.05, 4.69) is 15.5 Å². The summed E-state index contributed by atoms with van der Waals surface area (Å²) in [5, 5.41) is 12.8. The van der Waals surface area contributed by atoms with Crippen LogP contribution >= 0.6 is 11.8 Å². The number of aryl methyl sites for hydroxylation is 1. The monoisotopic (exact) mass is 461 g/mol. The number of nitrogens with one attached hydrogen (secondary N) is 1. The molecule has 1 aliphatic rings. The third-order valence-corrected chi connectivity index (χ3v) is 7.33. The van der Waals surface area contributed by atoms with Crippen LogP contribution in [0.3, 0.4) is 0 Å². The van der Waals surface area contributed by atoms with Gasteiger partial charge in [0.1, 0.15) is 0 Å². The van der Waals surface area contributed by atoms with Gasteiger partial charge in [0.2, 0.25) is 11.7 Å². The predicted molar refractivity (Wildman–Crippen MR) is 131 cm³/mol. The maximum atomic E-state index is 13.4. The summed E-state index contributed by atoms with van der Waals surface area (Å²) in [7, 11) is 0. The van der Waals surface area contributed by atoms with Crippen LogP contribution in [0.25, 0.3) is 22.4 Å². The van der Waals surface area contributed by atoms with Gasteiger partial charge in [-0.25, -0.2) is 4.57 Å². The maximum Gasteiger partial charge on any atom is 0.267 e. The molecule has 0 radical (unpaired) electrons. The fourth-order valence-corrected chi connectivity index (χ4v) is 5.32. The van der Waals surface area contributed by atoms with Crippen LogP contribution in [-0.2, 0) is 4.79 Å². The first kappa shape index (κ1) is 21.7. The third-order valence-electron chi connectivity index (χ3n) is 6.29. The number of carbonyl (C=O) groups excluding carboxylic acids is 1. The average molecular weight is 462 g/mol. The number of nitrogens with zero attached hydrogens (tertiary/aromatic N) is 4. The van der Waals surface area contributed by atoms with Crippen LogP contribution in [0.1, 0.15) is 44.6 Å². The number of rotatable bonds is 5. The molecule has 0 aliphatic heterocycles. The zero-order valence-electron chi connectivity index (χ0n) is 18.8. The van der Waals surface area contributed by atoms with Gasteiger partial charge < -0.3 is 5.32 Å². The number of hydrogen-bond acceptors (Lipinski definition) is 5. The maximum absolute atomic E-state index is 13.4. The van der Waals surface area contributed by atoms with Crippen molar-refractivity contribution in [3.8, 4) is 5.69 Å². The molecule has 8 heteroatoms. The lowest BCUT2D eigenvalue weighted by molar-refractivity contribution is -0.121. The zero-order valence-corrected chi connectivity index (χ0v) is 19.6. The van der Waals surface area contributed by atoms with Crippen LogP contribution < -0.4 is 10.9 Å². The van der Waals surface area contributed by atoms with Crippen molar-refractivity contribution in [2.45, 2.75) is 62.4 Å². The summed E-state index contributed by atoms with van der Waals surface area (Å²) in [5.41, 5.74) is 2.43. The van der Waals surface area contributed by atoms with E-state index in [1.807, 2.05) is 66.8 Å². The number of thioether (sulfide) groups is 1. The Hall–Kier alpha value is -3.13. The molecular formula is C25H27N5O2S. The second-order valence-electron chi connectivity index (χ2n) is 8.71. The number of hydrogen-bond donors (Lipinski definition) is 1. The van der Waals surface area contributed by atoms with Crippen molar-refractivity contribution in [1.29, 1.82) is 0 Å². The molecule has 1 saturated carbocycles. The molecule has 7 nitrogen and oxygen atoms in total. The number of fused-ring (bicyclic) bond motifs is 3. The fourth-order valence-electron chi connectivity index (χ4n) is 4.46. The minimum Gasteiger partial charge on any atom is -0.352 e. The largest absolute Gasteiger partial charge is 0.352 e. The second kappa shape index (κ2) is 9.02. The Morgan fingerprint density at radius 2 is 1.79 bits per heavy atom. The minimum atomic E-state index is -0.335. The second-order valence-corrected chi connectivity index (χ2v) is 10.0. The highest BCUT2D eigenvalue weighted by Gasteiger charge is 2.24. The van der Waals surface area contributed by atoms with E-state index in [0.717, 1.165) is 29.6 Å². The summed E-state index contributed by atoms with van der Waals surface area (Å²) < 4.78 is 3.47. The molecule has 1 aliphatic carbocycles. The molecule has 5 rings (SSSR count). The molecule has 4 aromatic rings. The summed E-state index contributed by atoms with van der Waals surface area (Å²) in [4.78, 5) is 26.3. The minimum absolute atomic E-state index is 0.0137. The summed E-state index contributed by atoms with van der Waals surface area (Å²) in [5.74, 6) is 0.449. The van der Waals surface area contributed by atoms with Gasteiger partial charge in [-0.2, -0.15) is 0 Å². The molecule has 170 valence electrons. The first-order valence-electron chi connectivity index (χ1n) is 11.5. The van der Waals surface area contributed by atoms with Crippen molar-refractivity contribution in [3.05, 3.63) is 64.4 Å². The van der Waals surface area contributed by atoms with Crippen LogP contribution in [0.15, 0.2) is 58.5 Å². The molecule has 1 atom stereocenters. The summed E-state index contributed by atoms with van der Waals surface area (Å²) in [6.45, 7) is 3.90. The van der Waals surface area contributed by atoms with E-state index in [1.54, 1.807) is 4.57 Å².